The number of nitro benzene ring substituents is 1. The molecule has 0 spiro atoms. The Kier molecular flexibility index (Phi) is 9.00. The lowest BCUT2D eigenvalue weighted by Crippen LogP contribution is -2.54. The van der Waals surface area contributed by atoms with E-state index in [0.717, 1.165) is 11.1 Å². The van der Waals surface area contributed by atoms with Crippen LogP contribution in [0.5, 0.6) is 11.5 Å². The van der Waals surface area contributed by atoms with Crippen molar-refractivity contribution in [3.05, 3.63) is 63.7 Å². The van der Waals surface area contributed by atoms with Gasteiger partial charge in [0.15, 0.2) is 6.61 Å². The van der Waals surface area contributed by atoms with Crippen LogP contribution in [0.2, 0.25) is 0 Å². The largest absolute Gasteiger partial charge is 0.490 e. The number of carbonyl (C=O) groups excluding carboxylic acids is 2. The lowest BCUT2D eigenvalue weighted by atomic mass is 10.1. The van der Waals surface area contributed by atoms with Gasteiger partial charge < -0.3 is 19.7 Å². The lowest BCUT2D eigenvalue weighted by Gasteiger charge is -2.33. The van der Waals surface area contributed by atoms with Crippen LogP contribution in [-0.2, 0) is 16.1 Å². The molecule has 2 rings (SSSR count). The van der Waals surface area contributed by atoms with Gasteiger partial charge in [-0.1, -0.05) is 36.8 Å². The normalized spacial score (nSPS) is 11.9. The number of nitrogens with zero attached hydrogens (tertiary/aromatic N) is 2. The summed E-state index contributed by atoms with van der Waals surface area (Å²) in [5.41, 5.74) is 1.29. The Morgan fingerprint density at radius 3 is 2.44 bits per heavy atom. The van der Waals surface area contributed by atoms with Gasteiger partial charge in [-0.3, -0.25) is 19.7 Å². The smallest absolute Gasteiger partial charge is 0.311 e. The van der Waals surface area contributed by atoms with Crippen LogP contribution in [0.4, 0.5) is 5.69 Å². The van der Waals surface area contributed by atoms with Crippen LogP contribution >= 0.6 is 0 Å². The number of rotatable bonds is 10. The highest BCUT2D eigenvalue weighted by atomic mass is 16.6. The van der Waals surface area contributed by atoms with E-state index in [1.807, 2.05) is 58.9 Å². The number of aryl methyl sites for hydroxylation is 1. The van der Waals surface area contributed by atoms with Crippen LogP contribution in [0.15, 0.2) is 42.5 Å². The van der Waals surface area contributed by atoms with Crippen LogP contribution in [0.1, 0.15) is 45.2 Å². The number of hydrogen-bond acceptors (Lipinski definition) is 6. The Morgan fingerprint density at radius 1 is 1.18 bits per heavy atom. The summed E-state index contributed by atoms with van der Waals surface area (Å²) < 4.78 is 10.7. The molecule has 2 aromatic rings. The maximum atomic E-state index is 13.3. The van der Waals surface area contributed by atoms with E-state index in [-0.39, 0.29) is 42.2 Å². The summed E-state index contributed by atoms with van der Waals surface area (Å²) in [5.74, 6) is -0.344. The first-order valence-electron chi connectivity index (χ1n) is 11.1. The standard InChI is InChI=1S/C25H33N3O6/c1-7-20(24(30)26-25(3,4)5)27(15-18-10-8-9-17(2)13-18)23(29)16-34-19-11-12-21(28(31)32)22(14-19)33-6/h8-14,20H,7,15-16H2,1-6H3,(H,26,30)/t20-/m1/s1. The number of carbonyl (C=O) groups is 2. The van der Waals surface area contributed by atoms with Crippen LogP contribution < -0.4 is 14.8 Å². The van der Waals surface area contributed by atoms with Gasteiger partial charge in [0.1, 0.15) is 11.8 Å². The van der Waals surface area contributed by atoms with Crippen molar-refractivity contribution in [3.8, 4) is 11.5 Å². The number of nitro groups is 1. The molecule has 0 aromatic heterocycles. The fourth-order valence-electron chi connectivity index (χ4n) is 3.51. The zero-order valence-corrected chi connectivity index (χ0v) is 20.6. The second-order valence-electron chi connectivity index (χ2n) is 9.05. The van der Waals surface area contributed by atoms with E-state index in [1.54, 1.807) is 0 Å². The summed E-state index contributed by atoms with van der Waals surface area (Å²) in [6, 6.07) is 11.1. The average Bonchev–Trinajstić information content (AvgIpc) is 2.75. The summed E-state index contributed by atoms with van der Waals surface area (Å²) in [6.07, 6.45) is 0.421. The molecule has 0 aliphatic rings. The SMILES string of the molecule is CC[C@H](C(=O)NC(C)(C)C)N(Cc1cccc(C)c1)C(=O)COc1ccc([N+](=O)[O-])c(OC)c1. The van der Waals surface area contributed by atoms with Gasteiger partial charge >= 0.3 is 5.69 Å². The average molecular weight is 472 g/mol. The van der Waals surface area contributed by atoms with Crippen LogP contribution in [0, 0.1) is 17.0 Å². The zero-order valence-electron chi connectivity index (χ0n) is 20.6. The third-order valence-corrected chi connectivity index (χ3v) is 5.03. The first-order valence-corrected chi connectivity index (χ1v) is 11.1. The van der Waals surface area contributed by atoms with Crippen molar-refractivity contribution >= 4 is 17.5 Å². The van der Waals surface area contributed by atoms with E-state index in [1.165, 1.54) is 30.2 Å². The van der Waals surface area contributed by atoms with E-state index in [2.05, 4.69) is 5.32 Å². The van der Waals surface area contributed by atoms with Gasteiger partial charge in [0.05, 0.1) is 12.0 Å². The summed E-state index contributed by atoms with van der Waals surface area (Å²) in [6.45, 7) is 9.37. The first kappa shape index (κ1) is 26.6. The van der Waals surface area contributed by atoms with Crippen molar-refractivity contribution in [2.45, 2.75) is 59.2 Å². The molecule has 9 heteroatoms. The van der Waals surface area contributed by atoms with Crippen molar-refractivity contribution in [2.75, 3.05) is 13.7 Å². The summed E-state index contributed by atoms with van der Waals surface area (Å²) in [7, 11) is 1.32. The molecule has 0 fully saturated rings. The molecule has 9 nitrogen and oxygen atoms in total. The number of benzene rings is 2. The minimum atomic E-state index is -0.692. The maximum Gasteiger partial charge on any atom is 0.311 e. The van der Waals surface area contributed by atoms with Gasteiger partial charge in [-0.05, 0) is 45.7 Å². The van der Waals surface area contributed by atoms with Crippen molar-refractivity contribution < 1.29 is 24.0 Å². The molecule has 0 aliphatic carbocycles. The number of nitrogens with one attached hydrogen (secondary N) is 1. The monoisotopic (exact) mass is 471 g/mol. The zero-order chi connectivity index (χ0) is 25.5. The molecule has 0 saturated carbocycles. The van der Waals surface area contributed by atoms with E-state index >= 15 is 0 Å². The minimum Gasteiger partial charge on any atom is -0.490 e. The van der Waals surface area contributed by atoms with Gasteiger partial charge in [-0.15, -0.1) is 0 Å². The molecule has 0 heterocycles. The van der Waals surface area contributed by atoms with Crippen molar-refractivity contribution in [3.63, 3.8) is 0 Å². The first-order chi connectivity index (χ1) is 15.9. The molecule has 0 bridgehead atoms. The Balaban J connectivity index is 2.27. The fraction of sp³-hybridized carbons (Fsp3) is 0.440. The second kappa shape index (κ2) is 11.5. The number of amides is 2. The summed E-state index contributed by atoms with van der Waals surface area (Å²) in [5, 5.41) is 14.1. The molecular weight excluding hydrogens is 438 g/mol. The molecule has 0 aliphatic heterocycles. The Labute approximate surface area is 200 Å². The number of methoxy groups -OCH3 is 1. The predicted octanol–water partition coefficient (Wildman–Crippen LogP) is 4.01. The third kappa shape index (κ3) is 7.47. The topological polar surface area (TPSA) is 111 Å². The molecule has 0 saturated heterocycles. The third-order valence-electron chi connectivity index (χ3n) is 5.03. The highest BCUT2D eigenvalue weighted by Gasteiger charge is 2.31. The second-order valence-corrected chi connectivity index (χ2v) is 9.05. The van der Waals surface area contributed by atoms with Crippen molar-refractivity contribution in [2.24, 2.45) is 0 Å². The van der Waals surface area contributed by atoms with Gasteiger partial charge in [0, 0.05) is 24.2 Å². The van der Waals surface area contributed by atoms with Crippen molar-refractivity contribution in [1.82, 2.24) is 10.2 Å². The highest BCUT2D eigenvalue weighted by Crippen LogP contribution is 2.30. The molecule has 184 valence electrons. The Morgan fingerprint density at radius 2 is 1.88 bits per heavy atom. The minimum absolute atomic E-state index is 0.0301. The molecule has 0 radical (unpaired) electrons. The van der Waals surface area contributed by atoms with Crippen LogP contribution in [0.25, 0.3) is 0 Å². The van der Waals surface area contributed by atoms with Gasteiger partial charge in [0.25, 0.3) is 5.91 Å². The quantitative estimate of drug-likeness (QED) is 0.414. The summed E-state index contributed by atoms with van der Waals surface area (Å²) in [4.78, 5) is 38.4. The molecule has 1 N–H and O–H groups in total. The summed E-state index contributed by atoms with van der Waals surface area (Å²) >= 11 is 0. The molecule has 1 atom stereocenters. The predicted molar refractivity (Wildman–Crippen MR) is 129 cm³/mol. The Hall–Kier alpha value is -3.62. The van der Waals surface area contributed by atoms with E-state index < -0.39 is 16.5 Å². The van der Waals surface area contributed by atoms with E-state index in [0.29, 0.717) is 6.42 Å². The number of ether oxygens (including phenoxy) is 2. The Bertz CT molecular complexity index is 1030. The van der Waals surface area contributed by atoms with Gasteiger partial charge in [0.2, 0.25) is 11.7 Å². The fourth-order valence-corrected chi connectivity index (χ4v) is 3.51. The van der Waals surface area contributed by atoms with E-state index in [4.69, 9.17) is 9.47 Å². The molecule has 2 amide bonds. The number of hydrogen-bond donors (Lipinski definition) is 1. The van der Waals surface area contributed by atoms with Crippen LogP contribution in [0.3, 0.4) is 0 Å². The molecule has 0 unspecified atom stereocenters. The van der Waals surface area contributed by atoms with E-state index in [9.17, 15) is 19.7 Å². The lowest BCUT2D eigenvalue weighted by molar-refractivity contribution is -0.385. The van der Waals surface area contributed by atoms with Crippen molar-refractivity contribution in [1.29, 1.82) is 0 Å². The molecular formula is C25H33N3O6. The van der Waals surface area contributed by atoms with Crippen LogP contribution in [-0.4, -0.2) is 46.9 Å². The van der Waals surface area contributed by atoms with Gasteiger partial charge in [-0.25, -0.2) is 0 Å². The van der Waals surface area contributed by atoms with Gasteiger partial charge in [-0.2, -0.15) is 0 Å². The maximum absolute atomic E-state index is 13.3. The highest BCUT2D eigenvalue weighted by molar-refractivity contribution is 5.88. The molecule has 34 heavy (non-hydrogen) atoms. The molecule has 2 aromatic carbocycles.